The minimum absolute atomic E-state index is 0.0344. The molecular weight excluding hydrogens is 236 g/mol. The van der Waals surface area contributed by atoms with Crippen LogP contribution in [0.25, 0.3) is 0 Å². The van der Waals surface area contributed by atoms with Crippen LogP contribution in [0.4, 0.5) is 0 Å². The monoisotopic (exact) mass is 260 g/mol. The van der Waals surface area contributed by atoms with Gasteiger partial charge in [0.15, 0.2) is 0 Å². The van der Waals surface area contributed by atoms with Crippen molar-refractivity contribution in [3.05, 3.63) is 35.4 Å². The molecule has 0 bridgehead atoms. The summed E-state index contributed by atoms with van der Waals surface area (Å²) >= 11 is 0. The fraction of sp³-hybridized carbons (Fsp3) is 0.562. The van der Waals surface area contributed by atoms with Crippen molar-refractivity contribution >= 4 is 5.91 Å². The maximum atomic E-state index is 12.4. The Hall–Kier alpha value is -1.35. The molecular formula is C16H24N2O. The lowest BCUT2D eigenvalue weighted by Gasteiger charge is -2.30. The summed E-state index contributed by atoms with van der Waals surface area (Å²) in [5.41, 5.74) is 8.00. The molecule has 104 valence electrons. The van der Waals surface area contributed by atoms with Crippen LogP contribution in [0.3, 0.4) is 0 Å². The number of hydrogen-bond acceptors (Lipinski definition) is 2. The van der Waals surface area contributed by atoms with E-state index in [2.05, 4.69) is 12.1 Å². The highest BCUT2D eigenvalue weighted by molar-refractivity contribution is 5.87. The topological polar surface area (TPSA) is 46.3 Å². The Kier molecular flexibility index (Phi) is 3.43. The normalized spacial score (nSPS) is 17.1. The lowest BCUT2D eigenvalue weighted by Crippen LogP contribution is -2.40. The molecule has 1 aliphatic rings. The van der Waals surface area contributed by atoms with Crippen molar-refractivity contribution in [2.45, 2.75) is 44.1 Å². The second-order valence-electron chi connectivity index (χ2n) is 6.52. The second kappa shape index (κ2) is 4.64. The highest BCUT2D eigenvalue weighted by Crippen LogP contribution is 2.38. The van der Waals surface area contributed by atoms with Gasteiger partial charge in [0.2, 0.25) is 5.91 Å². The maximum Gasteiger partial charge on any atom is 0.232 e. The van der Waals surface area contributed by atoms with Gasteiger partial charge in [0.1, 0.15) is 0 Å². The van der Waals surface area contributed by atoms with Crippen LogP contribution < -0.4 is 5.73 Å². The van der Waals surface area contributed by atoms with Crippen molar-refractivity contribution in [2.75, 3.05) is 14.1 Å². The maximum absolute atomic E-state index is 12.4. The SMILES string of the molecule is CN(C)C(=O)C(C)(C)c1ccccc1CC1(N)CC1. The number of carbonyl (C=O) groups excluding carboxylic acids is 1. The first-order valence-corrected chi connectivity index (χ1v) is 6.85. The van der Waals surface area contributed by atoms with Crippen LogP contribution in [-0.4, -0.2) is 30.4 Å². The van der Waals surface area contributed by atoms with Gasteiger partial charge in [-0.15, -0.1) is 0 Å². The third-order valence-corrected chi connectivity index (χ3v) is 4.07. The average molecular weight is 260 g/mol. The number of amides is 1. The van der Waals surface area contributed by atoms with Crippen LogP contribution in [0.15, 0.2) is 24.3 Å². The Morgan fingerprint density at radius 2 is 1.89 bits per heavy atom. The number of rotatable bonds is 4. The first-order chi connectivity index (χ1) is 8.76. The number of carbonyl (C=O) groups is 1. The van der Waals surface area contributed by atoms with Gasteiger partial charge >= 0.3 is 0 Å². The van der Waals surface area contributed by atoms with Crippen molar-refractivity contribution in [1.29, 1.82) is 0 Å². The predicted molar refractivity (Wildman–Crippen MR) is 78.0 cm³/mol. The summed E-state index contributed by atoms with van der Waals surface area (Å²) < 4.78 is 0. The van der Waals surface area contributed by atoms with Crippen molar-refractivity contribution in [1.82, 2.24) is 4.90 Å². The molecule has 1 aliphatic carbocycles. The van der Waals surface area contributed by atoms with E-state index in [1.54, 1.807) is 19.0 Å². The summed E-state index contributed by atoms with van der Waals surface area (Å²) in [7, 11) is 3.61. The van der Waals surface area contributed by atoms with Crippen LogP contribution in [0.1, 0.15) is 37.8 Å². The minimum Gasteiger partial charge on any atom is -0.348 e. The summed E-state index contributed by atoms with van der Waals surface area (Å²) in [5.74, 6) is 0.127. The van der Waals surface area contributed by atoms with Crippen molar-refractivity contribution < 1.29 is 4.79 Å². The second-order valence-corrected chi connectivity index (χ2v) is 6.52. The Labute approximate surface area is 115 Å². The summed E-state index contributed by atoms with van der Waals surface area (Å²) in [5, 5.41) is 0. The molecule has 0 saturated heterocycles. The number of nitrogens with two attached hydrogens (primary N) is 1. The minimum atomic E-state index is -0.509. The molecule has 0 spiro atoms. The van der Waals surface area contributed by atoms with Gasteiger partial charge in [-0.05, 0) is 44.2 Å². The smallest absolute Gasteiger partial charge is 0.232 e. The number of likely N-dealkylation sites (N-methyl/N-ethyl adjacent to an activating group) is 1. The fourth-order valence-corrected chi connectivity index (χ4v) is 2.68. The number of benzene rings is 1. The molecule has 1 aromatic rings. The molecule has 0 unspecified atom stereocenters. The van der Waals surface area contributed by atoms with Crippen LogP contribution in [0, 0.1) is 0 Å². The van der Waals surface area contributed by atoms with E-state index in [0.717, 1.165) is 24.8 Å². The lowest BCUT2D eigenvalue weighted by atomic mass is 9.79. The largest absolute Gasteiger partial charge is 0.348 e. The van der Waals surface area contributed by atoms with Gasteiger partial charge in [-0.2, -0.15) is 0 Å². The molecule has 0 radical (unpaired) electrons. The van der Waals surface area contributed by atoms with E-state index in [4.69, 9.17) is 5.73 Å². The molecule has 0 heterocycles. The van der Waals surface area contributed by atoms with Crippen molar-refractivity contribution in [3.8, 4) is 0 Å². The zero-order valence-electron chi connectivity index (χ0n) is 12.4. The molecule has 3 nitrogen and oxygen atoms in total. The number of nitrogens with zero attached hydrogens (tertiary/aromatic N) is 1. The molecule has 3 heteroatoms. The Morgan fingerprint density at radius 3 is 2.42 bits per heavy atom. The molecule has 1 fully saturated rings. The van der Waals surface area contributed by atoms with Crippen molar-refractivity contribution in [2.24, 2.45) is 5.73 Å². The molecule has 0 aliphatic heterocycles. The average Bonchev–Trinajstić information content (AvgIpc) is 3.06. The van der Waals surface area contributed by atoms with Gasteiger partial charge in [0, 0.05) is 19.6 Å². The first-order valence-electron chi connectivity index (χ1n) is 6.85. The molecule has 1 amide bonds. The van der Waals surface area contributed by atoms with Gasteiger partial charge < -0.3 is 10.6 Å². The third-order valence-electron chi connectivity index (χ3n) is 4.07. The van der Waals surface area contributed by atoms with E-state index in [9.17, 15) is 4.79 Å². The van der Waals surface area contributed by atoms with E-state index < -0.39 is 5.41 Å². The zero-order valence-corrected chi connectivity index (χ0v) is 12.4. The Balaban J connectivity index is 2.35. The first kappa shape index (κ1) is 14.1. The zero-order chi connectivity index (χ0) is 14.3. The van der Waals surface area contributed by atoms with Gasteiger partial charge in [-0.1, -0.05) is 24.3 Å². The van der Waals surface area contributed by atoms with E-state index in [0.29, 0.717) is 0 Å². The standard InChI is InChI=1S/C16H24N2O/c1-15(2,14(19)18(3)4)13-8-6-5-7-12(13)11-16(17)9-10-16/h5-8H,9-11,17H2,1-4H3. The molecule has 1 saturated carbocycles. The molecule has 2 N–H and O–H groups in total. The Morgan fingerprint density at radius 1 is 1.32 bits per heavy atom. The quantitative estimate of drug-likeness (QED) is 0.901. The van der Waals surface area contributed by atoms with E-state index >= 15 is 0 Å². The molecule has 19 heavy (non-hydrogen) atoms. The summed E-state index contributed by atoms with van der Waals surface area (Å²) in [6.07, 6.45) is 3.04. The van der Waals surface area contributed by atoms with Gasteiger partial charge in [-0.25, -0.2) is 0 Å². The van der Waals surface area contributed by atoms with Crippen LogP contribution in [0.2, 0.25) is 0 Å². The summed E-state index contributed by atoms with van der Waals surface area (Å²) in [6, 6.07) is 8.19. The third kappa shape index (κ3) is 2.81. The Bertz CT molecular complexity index is 487. The summed E-state index contributed by atoms with van der Waals surface area (Å²) in [6.45, 7) is 3.98. The van der Waals surface area contributed by atoms with E-state index in [1.807, 2.05) is 26.0 Å². The molecule has 0 atom stereocenters. The summed E-state index contributed by atoms with van der Waals surface area (Å²) in [4.78, 5) is 14.1. The van der Waals surface area contributed by atoms with Gasteiger partial charge in [0.25, 0.3) is 0 Å². The molecule has 2 rings (SSSR count). The predicted octanol–water partition coefficient (Wildman–Crippen LogP) is 2.09. The van der Waals surface area contributed by atoms with E-state index in [1.165, 1.54) is 5.56 Å². The number of hydrogen-bond donors (Lipinski definition) is 1. The molecule has 0 aromatic heterocycles. The van der Waals surface area contributed by atoms with Gasteiger partial charge in [-0.3, -0.25) is 4.79 Å². The van der Waals surface area contributed by atoms with Crippen LogP contribution in [-0.2, 0) is 16.6 Å². The van der Waals surface area contributed by atoms with Crippen molar-refractivity contribution in [3.63, 3.8) is 0 Å². The van der Waals surface area contributed by atoms with Crippen LogP contribution >= 0.6 is 0 Å². The highest BCUT2D eigenvalue weighted by atomic mass is 16.2. The highest BCUT2D eigenvalue weighted by Gasteiger charge is 2.40. The van der Waals surface area contributed by atoms with Gasteiger partial charge in [0.05, 0.1) is 5.41 Å². The van der Waals surface area contributed by atoms with E-state index in [-0.39, 0.29) is 11.4 Å². The molecule has 1 aromatic carbocycles. The lowest BCUT2D eigenvalue weighted by molar-refractivity contribution is -0.133. The van der Waals surface area contributed by atoms with Crippen LogP contribution in [0.5, 0.6) is 0 Å². The fourth-order valence-electron chi connectivity index (χ4n) is 2.68.